The summed E-state index contributed by atoms with van der Waals surface area (Å²) in [5, 5.41) is 1.87. The maximum Gasteiger partial charge on any atom is 0.286 e. The molecule has 4 rings (SSSR count). The van der Waals surface area contributed by atoms with Crippen molar-refractivity contribution in [1.82, 2.24) is 19.9 Å². The molecule has 12 heteroatoms. The normalized spacial score (nSPS) is 16.0. The zero-order valence-corrected chi connectivity index (χ0v) is 37.6. The van der Waals surface area contributed by atoms with Crippen molar-refractivity contribution >= 4 is 58.0 Å². The predicted octanol–water partition coefficient (Wildman–Crippen LogP) is 9.02. The van der Waals surface area contributed by atoms with E-state index < -0.39 is 52.5 Å². The number of hydrazine groups is 1. The molecule has 2 aromatic rings. The molecule has 0 atom stereocenters. The minimum Gasteiger partial charge on any atom is -0.348 e. The quantitative estimate of drug-likeness (QED) is 0.0990. The maximum atomic E-state index is 14.9. The fraction of sp³-hybridized carbons (Fsp3) is 0.587. The van der Waals surface area contributed by atoms with Crippen LogP contribution in [0.5, 0.6) is 0 Å². The number of thiazole rings is 1. The third kappa shape index (κ3) is 9.87. The summed E-state index contributed by atoms with van der Waals surface area (Å²) in [5.74, 6) is -5.04. The number of imide groups is 3. The number of carbonyl (C=O) groups excluding carboxylic acids is 6. The highest BCUT2D eigenvalue weighted by Crippen LogP contribution is 2.41. The number of anilines is 1. The van der Waals surface area contributed by atoms with Crippen molar-refractivity contribution in [2.24, 2.45) is 5.41 Å². The lowest BCUT2D eigenvalue weighted by atomic mass is 9.89. The van der Waals surface area contributed by atoms with E-state index in [1.54, 1.807) is 26.8 Å². The Morgan fingerprint density at radius 2 is 1.41 bits per heavy atom. The van der Waals surface area contributed by atoms with Crippen LogP contribution in [0.3, 0.4) is 0 Å². The van der Waals surface area contributed by atoms with Gasteiger partial charge in [-0.2, -0.15) is 10.0 Å². The van der Waals surface area contributed by atoms with Crippen molar-refractivity contribution in [2.75, 3.05) is 18.0 Å². The van der Waals surface area contributed by atoms with Crippen molar-refractivity contribution < 1.29 is 28.8 Å². The highest BCUT2D eigenvalue weighted by atomic mass is 32.1. The Labute approximate surface area is 349 Å². The molecule has 1 aliphatic carbocycles. The van der Waals surface area contributed by atoms with Gasteiger partial charge in [0.1, 0.15) is 5.57 Å². The Kier molecular flexibility index (Phi) is 15.9. The number of nitrogens with zero attached hydrogens (tertiary/aromatic N) is 5. The number of hydrogen-bond donors (Lipinski definition) is 0. The predicted molar refractivity (Wildman–Crippen MR) is 232 cm³/mol. The van der Waals surface area contributed by atoms with Gasteiger partial charge >= 0.3 is 0 Å². The lowest BCUT2D eigenvalue weighted by Crippen LogP contribution is -2.61. The number of carbonyl (C=O) groups is 6. The van der Waals surface area contributed by atoms with Gasteiger partial charge in [0.05, 0.1) is 10.6 Å². The van der Waals surface area contributed by atoms with Crippen molar-refractivity contribution in [3.63, 3.8) is 0 Å². The van der Waals surface area contributed by atoms with Crippen molar-refractivity contribution in [1.29, 1.82) is 0 Å². The molecule has 6 amide bonds. The van der Waals surface area contributed by atoms with Gasteiger partial charge in [0.2, 0.25) is 11.8 Å². The lowest BCUT2D eigenvalue weighted by Gasteiger charge is -2.39. The molecule has 1 aromatic heterocycles. The van der Waals surface area contributed by atoms with Crippen LogP contribution in [0.15, 0.2) is 28.9 Å². The van der Waals surface area contributed by atoms with E-state index in [-0.39, 0.29) is 11.1 Å². The fourth-order valence-electron chi connectivity index (χ4n) is 7.86. The van der Waals surface area contributed by atoms with Crippen LogP contribution >= 0.6 is 11.3 Å². The average Bonchev–Trinajstić information content (AvgIpc) is 3.60. The number of benzene rings is 1. The fourth-order valence-corrected chi connectivity index (χ4v) is 8.93. The SMILES string of the molecule is CCCCN(CCCC)c1nc(-c2c(CC)cc(CC)cc2CC)c(/C=C2\C(=O)N(N(C(C)=O)C(=O)C(C)(C)C)C(=O)C(C(=O)N(C(C)=O)C3CCCCC3)=C2C)s1. The molecule has 0 unspecified atom stereocenters. The third-order valence-electron chi connectivity index (χ3n) is 11.2. The largest absolute Gasteiger partial charge is 0.348 e. The first-order chi connectivity index (χ1) is 27.5. The molecule has 2 heterocycles. The van der Waals surface area contributed by atoms with E-state index in [1.165, 1.54) is 30.7 Å². The van der Waals surface area contributed by atoms with Crippen LogP contribution in [-0.4, -0.2) is 74.5 Å². The molecule has 0 bridgehead atoms. The van der Waals surface area contributed by atoms with Gasteiger partial charge in [-0.1, -0.05) is 111 Å². The number of amides is 6. The molecule has 0 N–H and O–H groups in total. The van der Waals surface area contributed by atoms with Crippen LogP contribution in [0, 0.1) is 5.41 Å². The number of hydrogen-bond acceptors (Lipinski definition) is 9. The van der Waals surface area contributed by atoms with Gasteiger partial charge in [-0.15, -0.1) is 0 Å². The van der Waals surface area contributed by atoms with E-state index in [1.807, 2.05) is 0 Å². The molecular formula is C46H65N5O6S. The van der Waals surface area contributed by atoms with Crippen LogP contribution in [-0.2, 0) is 48.0 Å². The maximum absolute atomic E-state index is 14.9. The first-order valence-corrected chi connectivity index (χ1v) is 22.2. The van der Waals surface area contributed by atoms with Crippen LogP contribution in [0.4, 0.5) is 5.13 Å². The summed E-state index contributed by atoms with van der Waals surface area (Å²) in [6.07, 6.45) is 11.8. The van der Waals surface area contributed by atoms with Gasteiger partial charge in [-0.05, 0) is 80.2 Å². The zero-order valence-electron chi connectivity index (χ0n) is 36.8. The number of rotatable bonds is 15. The second-order valence-electron chi connectivity index (χ2n) is 16.6. The number of aromatic nitrogens is 1. The second kappa shape index (κ2) is 20.0. The summed E-state index contributed by atoms with van der Waals surface area (Å²) in [7, 11) is 0. The van der Waals surface area contributed by atoms with Gasteiger partial charge in [0.15, 0.2) is 5.13 Å². The Balaban J connectivity index is 2.12. The van der Waals surface area contributed by atoms with Gasteiger partial charge in [-0.25, -0.2) is 4.98 Å². The molecule has 2 aliphatic rings. The molecule has 0 radical (unpaired) electrons. The summed E-state index contributed by atoms with van der Waals surface area (Å²) < 4.78 is 0. The average molecular weight is 816 g/mol. The van der Waals surface area contributed by atoms with Crippen molar-refractivity contribution in [2.45, 2.75) is 159 Å². The van der Waals surface area contributed by atoms with Crippen LogP contribution in [0.25, 0.3) is 17.3 Å². The molecule has 0 saturated heterocycles. The molecule has 0 spiro atoms. The summed E-state index contributed by atoms with van der Waals surface area (Å²) >= 11 is 1.44. The van der Waals surface area contributed by atoms with Crippen LogP contribution in [0.1, 0.15) is 156 Å². The van der Waals surface area contributed by atoms with Crippen molar-refractivity contribution in [3.05, 3.63) is 50.4 Å². The van der Waals surface area contributed by atoms with Gasteiger partial charge in [-0.3, -0.25) is 33.7 Å². The van der Waals surface area contributed by atoms with Crippen LogP contribution in [0.2, 0.25) is 0 Å². The lowest BCUT2D eigenvalue weighted by molar-refractivity contribution is -0.180. The third-order valence-corrected chi connectivity index (χ3v) is 12.2. The van der Waals surface area contributed by atoms with Gasteiger partial charge < -0.3 is 4.90 Å². The van der Waals surface area contributed by atoms with E-state index in [2.05, 4.69) is 51.7 Å². The molecular weight excluding hydrogens is 751 g/mol. The number of aryl methyl sites for hydroxylation is 3. The second-order valence-corrected chi connectivity index (χ2v) is 17.6. The summed E-state index contributed by atoms with van der Waals surface area (Å²) in [6, 6.07) is 4.01. The molecule has 1 aromatic carbocycles. The summed E-state index contributed by atoms with van der Waals surface area (Å²) in [4.78, 5) is 94.4. The zero-order chi connectivity index (χ0) is 43.1. The Morgan fingerprint density at radius 3 is 1.88 bits per heavy atom. The van der Waals surface area contributed by atoms with E-state index in [4.69, 9.17) is 4.98 Å². The standard InChI is InChI=1S/C46H65N5O6S/c1-12-17-24-48(25-18-13-2)45-47-40(39-33(15-4)26-32(14-3)27-34(39)16-5)37(58-45)28-36-29(6)38(42(55)49(30(7)52)35-22-20-19-21-23-35)43(56)51(41(36)54)50(31(8)53)44(57)46(9,10)11/h26-28,35H,12-25H2,1-11H3/b36-28-. The minimum atomic E-state index is -1.18. The van der Waals surface area contributed by atoms with Crippen molar-refractivity contribution in [3.8, 4) is 11.3 Å². The first kappa shape index (κ1) is 46.2. The van der Waals surface area contributed by atoms with Gasteiger partial charge in [0, 0.05) is 49.5 Å². The van der Waals surface area contributed by atoms with E-state index in [0.29, 0.717) is 33.4 Å². The van der Waals surface area contributed by atoms with E-state index >= 15 is 0 Å². The number of unbranched alkanes of at least 4 members (excludes halogenated alkanes) is 2. The molecule has 11 nitrogen and oxygen atoms in total. The highest BCUT2D eigenvalue weighted by Gasteiger charge is 2.48. The molecule has 1 aliphatic heterocycles. The Morgan fingerprint density at radius 1 is 0.845 bits per heavy atom. The molecule has 1 saturated carbocycles. The summed E-state index contributed by atoms with van der Waals surface area (Å²) in [6.45, 7) is 21.0. The Bertz CT molecular complexity index is 1930. The molecule has 1 fully saturated rings. The smallest absolute Gasteiger partial charge is 0.286 e. The van der Waals surface area contributed by atoms with Crippen LogP contribution < -0.4 is 4.90 Å². The topological polar surface area (TPSA) is 128 Å². The molecule has 316 valence electrons. The summed E-state index contributed by atoms with van der Waals surface area (Å²) in [5.41, 5.74) is 3.60. The van der Waals surface area contributed by atoms with E-state index in [0.717, 1.165) is 111 Å². The van der Waals surface area contributed by atoms with E-state index in [9.17, 15) is 28.8 Å². The highest BCUT2D eigenvalue weighted by molar-refractivity contribution is 7.17. The Hall–Kier alpha value is -4.45. The minimum absolute atomic E-state index is 0.0329. The first-order valence-electron chi connectivity index (χ1n) is 21.4. The van der Waals surface area contributed by atoms with Gasteiger partial charge in [0.25, 0.3) is 23.6 Å². The molecule has 58 heavy (non-hydrogen) atoms. The monoisotopic (exact) mass is 815 g/mol.